The summed E-state index contributed by atoms with van der Waals surface area (Å²) in [7, 11) is 0. The van der Waals surface area contributed by atoms with E-state index in [0.29, 0.717) is 17.1 Å². The van der Waals surface area contributed by atoms with Crippen LogP contribution in [0.5, 0.6) is 5.75 Å². The van der Waals surface area contributed by atoms with Gasteiger partial charge < -0.3 is 15.4 Å². The van der Waals surface area contributed by atoms with Gasteiger partial charge in [0.1, 0.15) is 5.75 Å². The first-order chi connectivity index (χ1) is 8.06. The van der Waals surface area contributed by atoms with E-state index in [1.165, 1.54) is 0 Å². The fourth-order valence-corrected chi connectivity index (χ4v) is 1.52. The van der Waals surface area contributed by atoms with Gasteiger partial charge >= 0.3 is 0 Å². The Labute approximate surface area is 107 Å². The molecule has 1 aromatic carbocycles. The molecule has 90 valence electrons. The van der Waals surface area contributed by atoms with Gasteiger partial charge in [-0.05, 0) is 25.1 Å². The molecule has 1 aromatic rings. The topological polar surface area (TPSA) is 67.4 Å². The van der Waals surface area contributed by atoms with E-state index in [9.17, 15) is 9.59 Å². The van der Waals surface area contributed by atoms with E-state index in [1.54, 1.807) is 25.1 Å². The maximum Gasteiger partial charge on any atom is 0.262 e. The number of hydrogen-bond acceptors (Lipinski definition) is 3. The number of hydrogen-bond donors (Lipinski definition) is 2. The molecule has 0 fully saturated rings. The van der Waals surface area contributed by atoms with Gasteiger partial charge in [-0.25, -0.2) is 0 Å². The Bertz CT molecular complexity index is 474. The summed E-state index contributed by atoms with van der Waals surface area (Å²) >= 11 is 3.18. The van der Waals surface area contributed by atoms with Crippen molar-refractivity contribution < 1.29 is 14.3 Å². The number of amides is 2. The van der Waals surface area contributed by atoms with Gasteiger partial charge in [0.15, 0.2) is 6.61 Å². The molecule has 0 saturated heterocycles. The van der Waals surface area contributed by atoms with Crippen LogP contribution in [0.4, 0.5) is 11.4 Å². The molecule has 0 saturated carbocycles. The molecule has 2 rings (SSSR count). The van der Waals surface area contributed by atoms with Crippen LogP contribution in [0, 0.1) is 0 Å². The molecule has 1 unspecified atom stereocenters. The van der Waals surface area contributed by atoms with Crippen LogP contribution in [0.25, 0.3) is 0 Å². The predicted molar refractivity (Wildman–Crippen MR) is 67.6 cm³/mol. The summed E-state index contributed by atoms with van der Waals surface area (Å²) in [6, 6.07) is 5.10. The highest BCUT2D eigenvalue weighted by Crippen LogP contribution is 2.30. The van der Waals surface area contributed by atoms with E-state index in [0.717, 1.165) is 0 Å². The summed E-state index contributed by atoms with van der Waals surface area (Å²) in [4.78, 5) is 22.3. The van der Waals surface area contributed by atoms with Crippen LogP contribution in [0.3, 0.4) is 0 Å². The average molecular weight is 299 g/mol. The third kappa shape index (κ3) is 2.76. The fourth-order valence-electron chi connectivity index (χ4n) is 1.40. The molecule has 0 bridgehead atoms. The number of alkyl halides is 1. The van der Waals surface area contributed by atoms with E-state index < -0.39 is 0 Å². The summed E-state index contributed by atoms with van der Waals surface area (Å²) in [5, 5.41) is 5.39. The van der Waals surface area contributed by atoms with Crippen molar-refractivity contribution in [2.24, 2.45) is 0 Å². The van der Waals surface area contributed by atoms with E-state index in [-0.39, 0.29) is 23.2 Å². The Hall–Kier alpha value is -1.56. The first kappa shape index (κ1) is 11.9. The van der Waals surface area contributed by atoms with Crippen molar-refractivity contribution in [3.05, 3.63) is 18.2 Å². The zero-order valence-corrected chi connectivity index (χ0v) is 10.7. The second-order valence-corrected chi connectivity index (χ2v) is 5.03. The van der Waals surface area contributed by atoms with Gasteiger partial charge in [0.25, 0.3) is 5.91 Å². The van der Waals surface area contributed by atoms with Crippen LogP contribution in [0.1, 0.15) is 6.92 Å². The maximum atomic E-state index is 11.5. The van der Waals surface area contributed by atoms with Gasteiger partial charge in [-0.2, -0.15) is 0 Å². The zero-order valence-electron chi connectivity index (χ0n) is 9.12. The van der Waals surface area contributed by atoms with Crippen molar-refractivity contribution in [1.29, 1.82) is 0 Å². The van der Waals surface area contributed by atoms with Crippen LogP contribution < -0.4 is 15.4 Å². The largest absolute Gasteiger partial charge is 0.482 e. The Kier molecular flexibility index (Phi) is 3.33. The minimum Gasteiger partial charge on any atom is -0.482 e. The van der Waals surface area contributed by atoms with Gasteiger partial charge in [-0.1, -0.05) is 15.9 Å². The molecule has 0 spiro atoms. The Morgan fingerprint density at radius 2 is 2.35 bits per heavy atom. The van der Waals surface area contributed by atoms with Gasteiger partial charge in [0.05, 0.1) is 10.5 Å². The summed E-state index contributed by atoms with van der Waals surface area (Å²) in [6.07, 6.45) is 0. The smallest absolute Gasteiger partial charge is 0.262 e. The summed E-state index contributed by atoms with van der Waals surface area (Å²) in [5.74, 6) is 0.261. The van der Waals surface area contributed by atoms with Crippen molar-refractivity contribution >= 4 is 39.1 Å². The quantitative estimate of drug-likeness (QED) is 0.817. The molecule has 6 heteroatoms. The number of fused-ring (bicyclic) bond motifs is 1. The second kappa shape index (κ2) is 4.75. The number of ether oxygens (including phenoxy) is 1. The number of halogens is 1. The number of anilines is 2. The van der Waals surface area contributed by atoms with E-state index in [4.69, 9.17) is 4.74 Å². The van der Waals surface area contributed by atoms with E-state index in [1.807, 2.05) is 0 Å². The lowest BCUT2D eigenvalue weighted by Gasteiger charge is -2.18. The fraction of sp³-hybridized carbons (Fsp3) is 0.273. The summed E-state index contributed by atoms with van der Waals surface area (Å²) < 4.78 is 5.21. The SMILES string of the molecule is CC(Br)C(=O)Nc1ccc2c(c1)NC(=O)CO2. The van der Waals surface area contributed by atoms with Crippen LogP contribution in [0.15, 0.2) is 18.2 Å². The molecule has 1 aliphatic heterocycles. The molecule has 17 heavy (non-hydrogen) atoms. The van der Waals surface area contributed by atoms with Gasteiger partial charge in [-0.15, -0.1) is 0 Å². The molecule has 2 amide bonds. The second-order valence-electron chi connectivity index (χ2n) is 3.65. The van der Waals surface area contributed by atoms with Crippen LogP contribution in [-0.4, -0.2) is 23.2 Å². The first-order valence-electron chi connectivity index (χ1n) is 5.08. The van der Waals surface area contributed by atoms with Crippen LogP contribution >= 0.6 is 15.9 Å². The third-order valence-corrected chi connectivity index (χ3v) is 2.66. The lowest BCUT2D eigenvalue weighted by Crippen LogP contribution is -2.25. The molecule has 0 aromatic heterocycles. The molecular formula is C11H11BrN2O3. The molecule has 1 heterocycles. The number of nitrogens with one attached hydrogen (secondary N) is 2. The molecule has 2 N–H and O–H groups in total. The molecule has 0 radical (unpaired) electrons. The Morgan fingerprint density at radius 1 is 1.59 bits per heavy atom. The number of carbonyl (C=O) groups excluding carboxylic acids is 2. The summed E-state index contributed by atoms with van der Waals surface area (Å²) in [5.41, 5.74) is 1.19. The monoisotopic (exact) mass is 298 g/mol. The normalized spacial score (nSPS) is 15.3. The van der Waals surface area contributed by atoms with Gasteiger partial charge in [-0.3, -0.25) is 9.59 Å². The predicted octanol–water partition coefficient (Wildman–Crippen LogP) is 1.74. The van der Waals surface area contributed by atoms with E-state index >= 15 is 0 Å². The average Bonchev–Trinajstić information content (AvgIpc) is 2.28. The number of rotatable bonds is 2. The van der Waals surface area contributed by atoms with Crippen LogP contribution in [0.2, 0.25) is 0 Å². The lowest BCUT2D eigenvalue weighted by atomic mass is 10.2. The van der Waals surface area contributed by atoms with Gasteiger partial charge in [0.2, 0.25) is 5.91 Å². The van der Waals surface area contributed by atoms with Crippen molar-refractivity contribution in [1.82, 2.24) is 0 Å². The molecule has 5 nitrogen and oxygen atoms in total. The maximum absolute atomic E-state index is 11.5. The third-order valence-electron chi connectivity index (χ3n) is 2.24. The summed E-state index contributed by atoms with van der Waals surface area (Å²) in [6.45, 7) is 1.76. The number of benzene rings is 1. The Balaban J connectivity index is 2.18. The van der Waals surface area contributed by atoms with Crippen molar-refractivity contribution in [2.75, 3.05) is 17.2 Å². The van der Waals surface area contributed by atoms with Gasteiger partial charge in [0, 0.05) is 5.69 Å². The molecule has 1 atom stereocenters. The van der Waals surface area contributed by atoms with Crippen molar-refractivity contribution in [3.8, 4) is 5.75 Å². The highest BCUT2D eigenvalue weighted by atomic mass is 79.9. The van der Waals surface area contributed by atoms with E-state index in [2.05, 4.69) is 26.6 Å². The molecular weight excluding hydrogens is 288 g/mol. The minimum absolute atomic E-state index is 0.0249. The lowest BCUT2D eigenvalue weighted by molar-refractivity contribution is -0.118. The van der Waals surface area contributed by atoms with Crippen LogP contribution in [-0.2, 0) is 9.59 Å². The highest BCUT2D eigenvalue weighted by Gasteiger charge is 2.17. The minimum atomic E-state index is -0.274. The Morgan fingerprint density at radius 3 is 3.06 bits per heavy atom. The first-order valence-corrected chi connectivity index (χ1v) is 5.99. The highest BCUT2D eigenvalue weighted by molar-refractivity contribution is 9.10. The zero-order chi connectivity index (χ0) is 12.4. The number of carbonyl (C=O) groups is 2. The molecule has 1 aliphatic rings. The van der Waals surface area contributed by atoms with Crippen molar-refractivity contribution in [3.63, 3.8) is 0 Å². The molecule has 0 aliphatic carbocycles. The standard InChI is InChI=1S/C11H11BrN2O3/c1-6(12)11(16)13-7-2-3-9-8(4-7)14-10(15)5-17-9/h2-4,6H,5H2,1H3,(H,13,16)(H,14,15). The van der Waals surface area contributed by atoms with Crippen molar-refractivity contribution in [2.45, 2.75) is 11.8 Å².